The van der Waals surface area contributed by atoms with Crippen molar-refractivity contribution >= 4 is 15.9 Å². The van der Waals surface area contributed by atoms with E-state index in [1.165, 1.54) is 24.8 Å². The molecule has 1 N–H and O–H groups in total. The number of rotatable bonds is 3. The maximum absolute atomic E-state index is 3.96. The third kappa shape index (κ3) is 2.25. The van der Waals surface area contributed by atoms with Gasteiger partial charge in [-0.1, -0.05) is 48.8 Å². The molecular formula is C18H26BrN. The summed E-state index contributed by atoms with van der Waals surface area (Å²) in [7, 11) is 0. The highest BCUT2D eigenvalue weighted by atomic mass is 79.9. The van der Waals surface area contributed by atoms with Gasteiger partial charge < -0.3 is 5.32 Å². The fraction of sp³-hybridized carbons (Fsp3) is 0.667. The molecule has 0 aromatic heterocycles. The van der Waals surface area contributed by atoms with E-state index in [4.69, 9.17) is 0 Å². The molecule has 2 aliphatic carbocycles. The first kappa shape index (κ1) is 14.6. The predicted octanol–water partition coefficient (Wildman–Crippen LogP) is 5.31. The van der Waals surface area contributed by atoms with Gasteiger partial charge >= 0.3 is 0 Å². The van der Waals surface area contributed by atoms with Crippen LogP contribution in [-0.2, 0) is 0 Å². The monoisotopic (exact) mass is 335 g/mol. The largest absolute Gasteiger partial charge is 0.306 e. The number of halogens is 1. The van der Waals surface area contributed by atoms with E-state index in [-0.39, 0.29) is 0 Å². The van der Waals surface area contributed by atoms with Gasteiger partial charge in [0, 0.05) is 16.6 Å². The molecule has 0 aliphatic heterocycles. The van der Waals surface area contributed by atoms with Crippen LogP contribution in [0.5, 0.6) is 0 Å². The average molecular weight is 336 g/mol. The first-order chi connectivity index (χ1) is 9.33. The number of benzene rings is 1. The minimum atomic E-state index is 0.420. The third-order valence-electron chi connectivity index (χ3n) is 6.06. The quantitative estimate of drug-likeness (QED) is 0.788. The summed E-state index contributed by atoms with van der Waals surface area (Å²) in [4.78, 5) is 0. The van der Waals surface area contributed by atoms with Crippen molar-refractivity contribution in [2.24, 2.45) is 16.7 Å². The molecule has 2 heteroatoms. The fourth-order valence-electron chi connectivity index (χ4n) is 4.82. The number of fused-ring (bicyclic) bond motifs is 2. The number of hydrogen-bond donors (Lipinski definition) is 1. The van der Waals surface area contributed by atoms with Crippen LogP contribution in [-0.4, -0.2) is 6.04 Å². The Morgan fingerprint density at radius 3 is 2.40 bits per heavy atom. The van der Waals surface area contributed by atoms with Crippen molar-refractivity contribution in [2.75, 3.05) is 0 Å². The highest BCUT2D eigenvalue weighted by Crippen LogP contribution is 2.62. The van der Waals surface area contributed by atoms with Crippen molar-refractivity contribution in [2.45, 2.75) is 59.0 Å². The first-order valence-corrected chi connectivity index (χ1v) is 8.64. The Labute approximate surface area is 131 Å². The van der Waals surface area contributed by atoms with Crippen LogP contribution in [0.15, 0.2) is 28.7 Å². The van der Waals surface area contributed by atoms with Crippen LogP contribution >= 0.6 is 15.9 Å². The smallest absolute Gasteiger partial charge is 0.0294 e. The van der Waals surface area contributed by atoms with Crippen LogP contribution in [0.25, 0.3) is 0 Å². The van der Waals surface area contributed by atoms with Gasteiger partial charge in [-0.15, -0.1) is 0 Å². The molecule has 1 aromatic rings. The fourth-order valence-corrected chi connectivity index (χ4v) is 5.08. The van der Waals surface area contributed by atoms with E-state index in [0.717, 1.165) is 10.4 Å². The highest BCUT2D eigenvalue weighted by molar-refractivity contribution is 9.10. The summed E-state index contributed by atoms with van der Waals surface area (Å²) in [5.74, 6) is 0.905. The second-order valence-corrected chi connectivity index (χ2v) is 8.70. The molecule has 20 heavy (non-hydrogen) atoms. The maximum Gasteiger partial charge on any atom is 0.0294 e. The molecule has 2 bridgehead atoms. The Morgan fingerprint density at radius 2 is 1.85 bits per heavy atom. The van der Waals surface area contributed by atoms with Crippen molar-refractivity contribution in [3.05, 3.63) is 34.3 Å². The van der Waals surface area contributed by atoms with E-state index in [1.54, 1.807) is 0 Å². The third-order valence-corrected chi connectivity index (χ3v) is 6.59. The summed E-state index contributed by atoms with van der Waals surface area (Å²) >= 11 is 3.52. The Balaban J connectivity index is 1.78. The molecule has 0 radical (unpaired) electrons. The lowest BCUT2D eigenvalue weighted by molar-refractivity contribution is 0.100. The zero-order valence-corrected chi connectivity index (χ0v) is 14.6. The summed E-state index contributed by atoms with van der Waals surface area (Å²) in [6.45, 7) is 9.73. The lowest BCUT2D eigenvalue weighted by Gasteiger charge is -2.44. The van der Waals surface area contributed by atoms with Gasteiger partial charge in [-0.3, -0.25) is 0 Å². The molecule has 2 aliphatic rings. The SMILES string of the molecule is CC(NC1C(C)(C)[C@H]2CC[C@]1(C)C2)c1ccc(Br)cc1. The summed E-state index contributed by atoms with van der Waals surface area (Å²) in [5.41, 5.74) is 2.31. The summed E-state index contributed by atoms with van der Waals surface area (Å²) in [6.07, 6.45) is 4.23. The topological polar surface area (TPSA) is 12.0 Å². The molecule has 0 spiro atoms. The van der Waals surface area contributed by atoms with E-state index in [1.807, 2.05) is 0 Å². The van der Waals surface area contributed by atoms with Gasteiger partial charge in [-0.25, -0.2) is 0 Å². The average Bonchev–Trinajstić information content (AvgIpc) is 2.86. The minimum Gasteiger partial charge on any atom is -0.306 e. The van der Waals surface area contributed by atoms with E-state index in [2.05, 4.69) is 73.2 Å². The molecule has 2 fully saturated rings. The van der Waals surface area contributed by atoms with E-state index < -0.39 is 0 Å². The molecule has 1 nitrogen and oxygen atoms in total. The van der Waals surface area contributed by atoms with Gasteiger partial charge in [-0.2, -0.15) is 0 Å². The number of nitrogens with one attached hydrogen (secondary N) is 1. The zero-order valence-electron chi connectivity index (χ0n) is 13.0. The van der Waals surface area contributed by atoms with Gasteiger partial charge in [-0.05, 0) is 60.6 Å². The Bertz CT molecular complexity index is 488. The van der Waals surface area contributed by atoms with Crippen molar-refractivity contribution in [1.29, 1.82) is 0 Å². The Morgan fingerprint density at radius 1 is 1.20 bits per heavy atom. The second-order valence-electron chi connectivity index (χ2n) is 7.79. The van der Waals surface area contributed by atoms with E-state index in [0.29, 0.717) is 22.9 Å². The van der Waals surface area contributed by atoms with Crippen molar-refractivity contribution in [3.8, 4) is 0 Å². The second kappa shape index (κ2) is 4.84. The van der Waals surface area contributed by atoms with Crippen LogP contribution in [0.1, 0.15) is 58.6 Å². The molecule has 2 saturated carbocycles. The van der Waals surface area contributed by atoms with Gasteiger partial charge in [0.1, 0.15) is 0 Å². The molecular weight excluding hydrogens is 310 g/mol. The lowest BCUT2D eigenvalue weighted by atomic mass is 9.68. The lowest BCUT2D eigenvalue weighted by Crippen LogP contribution is -2.50. The van der Waals surface area contributed by atoms with Gasteiger partial charge in [0.2, 0.25) is 0 Å². The minimum absolute atomic E-state index is 0.420. The van der Waals surface area contributed by atoms with Crippen molar-refractivity contribution < 1.29 is 0 Å². The maximum atomic E-state index is 3.96. The molecule has 0 amide bonds. The molecule has 0 saturated heterocycles. The standard InChI is InChI=1S/C18H26BrN/c1-12(13-5-7-15(19)8-6-13)20-16-17(2,3)14-9-10-18(16,4)11-14/h5-8,12,14,16,20H,9-11H2,1-4H3/t12?,14-,16?,18+/m0/s1. The van der Waals surface area contributed by atoms with Gasteiger partial charge in [0.25, 0.3) is 0 Å². The van der Waals surface area contributed by atoms with Crippen LogP contribution in [0.3, 0.4) is 0 Å². The van der Waals surface area contributed by atoms with Crippen molar-refractivity contribution in [1.82, 2.24) is 5.32 Å². The Kier molecular flexibility index (Phi) is 3.53. The van der Waals surface area contributed by atoms with Crippen LogP contribution in [0, 0.1) is 16.7 Å². The van der Waals surface area contributed by atoms with Crippen LogP contribution in [0.2, 0.25) is 0 Å². The summed E-state index contributed by atoms with van der Waals surface area (Å²) in [6, 6.07) is 9.78. The molecule has 2 unspecified atom stereocenters. The summed E-state index contributed by atoms with van der Waals surface area (Å²) < 4.78 is 1.15. The van der Waals surface area contributed by atoms with E-state index >= 15 is 0 Å². The predicted molar refractivity (Wildman–Crippen MR) is 88.7 cm³/mol. The number of hydrogen-bond acceptors (Lipinski definition) is 1. The highest BCUT2D eigenvalue weighted by Gasteiger charge is 2.59. The van der Waals surface area contributed by atoms with E-state index in [9.17, 15) is 0 Å². The zero-order chi connectivity index (χ0) is 14.5. The van der Waals surface area contributed by atoms with Gasteiger partial charge in [0.15, 0.2) is 0 Å². The Hall–Kier alpha value is -0.340. The summed E-state index contributed by atoms with van der Waals surface area (Å²) in [5, 5.41) is 3.96. The molecule has 0 heterocycles. The van der Waals surface area contributed by atoms with Gasteiger partial charge in [0.05, 0.1) is 0 Å². The molecule has 1 aromatic carbocycles. The van der Waals surface area contributed by atoms with Crippen LogP contribution in [0.4, 0.5) is 0 Å². The normalized spacial score (nSPS) is 36.2. The van der Waals surface area contributed by atoms with Crippen molar-refractivity contribution in [3.63, 3.8) is 0 Å². The molecule has 3 rings (SSSR count). The molecule has 110 valence electrons. The molecule has 4 atom stereocenters. The van der Waals surface area contributed by atoms with Crippen LogP contribution < -0.4 is 5.32 Å². The first-order valence-electron chi connectivity index (χ1n) is 7.84.